The van der Waals surface area contributed by atoms with Gasteiger partial charge in [0.2, 0.25) is 0 Å². The molecule has 0 aromatic heterocycles. The molecule has 0 bridgehead atoms. The van der Waals surface area contributed by atoms with Gasteiger partial charge in [-0.2, -0.15) is 0 Å². The Labute approximate surface area is 100 Å². The highest BCUT2D eigenvalue weighted by Gasteiger charge is 2.25. The molecule has 1 heterocycles. The number of nitrogens with one attached hydrogen (secondary N) is 1. The fraction of sp³-hybridized carbons (Fsp3) is 1.00. The topological polar surface area (TPSA) is 35.5 Å². The molecule has 0 saturated carbocycles. The maximum absolute atomic E-state index is 9.27. The van der Waals surface area contributed by atoms with Gasteiger partial charge in [-0.1, -0.05) is 27.7 Å². The van der Waals surface area contributed by atoms with Crippen LogP contribution in [0.25, 0.3) is 0 Å². The zero-order valence-corrected chi connectivity index (χ0v) is 11.2. The van der Waals surface area contributed by atoms with E-state index in [9.17, 15) is 5.11 Å². The fourth-order valence-corrected chi connectivity index (χ4v) is 2.47. The van der Waals surface area contributed by atoms with Crippen molar-refractivity contribution in [1.82, 2.24) is 10.2 Å². The van der Waals surface area contributed by atoms with E-state index in [1.165, 1.54) is 13.1 Å². The number of rotatable bonds is 6. The molecule has 3 unspecified atom stereocenters. The Morgan fingerprint density at radius 2 is 1.81 bits per heavy atom. The van der Waals surface area contributed by atoms with Crippen molar-refractivity contribution in [2.75, 3.05) is 26.2 Å². The van der Waals surface area contributed by atoms with E-state index in [1.807, 2.05) is 0 Å². The molecule has 1 rings (SSSR count). The smallest absolute Gasteiger partial charge is 0.0585 e. The molecule has 96 valence electrons. The normalized spacial score (nSPS) is 28.9. The van der Waals surface area contributed by atoms with Crippen LogP contribution in [0.3, 0.4) is 0 Å². The van der Waals surface area contributed by atoms with Crippen LogP contribution in [-0.2, 0) is 0 Å². The van der Waals surface area contributed by atoms with Gasteiger partial charge in [0, 0.05) is 25.2 Å². The van der Waals surface area contributed by atoms with Gasteiger partial charge < -0.3 is 15.3 Å². The van der Waals surface area contributed by atoms with Gasteiger partial charge in [-0.05, 0) is 24.8 Å². The maximum atomic E-state index is 9.27. The first-order valence-electron chi connectivity index (χ1n) is 6.62. The summed E-state index contributed by atoms with van der Waals surface area (Å²) in [7, 11) is 0. The van der Waals surface area contributed by atoms with E-state index in [0.717, 1.165) is 24.8 Å². The number of hydrogen-bond acceptors (Lipinski definition) is 3. The van der Waals surface area contributed by atoms with Crippen molar-refractivity contribution in [2.24, 2.45) is 11.8 Å². The van der Waals surface area contributed by atoms with Crippen LogP contribution in [0.1, 0.15) is 34.1 Å². The molecule has 3 heteroatoms. The molecule has 1 aliphatic rings. The second-order valence-corrected chi connectivity index (χ2v) is 5.70. The van der Waals surface area contributed by atoms with Gasteiger partial charge in [0.1, 0.15) is 0 Å². The summed E-state index contributed by atoms with van der Waals surface area (Å²) in [5.74, 6) is 1.65. The minimum atomic E-state index is 0.247. The van der Waals surface area contributed by atoms with Crippen molar-refractivity contribution in [2.45, 2.75) is 46.2 Å². The quantitative estimate of drug-likeness (QED) is 0.720. The van der Waals surface area contributed by atoms with Crippen molar-refractivity contribution in [3.63, 3.8) is 0 Å². The van der Waals surface area contributed by atoms with Crippen LogP contribution in [0.2, 0.25) is 0 Å². The van der Waals surface area contributed by atoms with Gasteiger partial charge in [0.05, 0.1) is 6.61 Å². The highest BCUT2D eigenvalue weighted by atomic mass is 16.3. The lowest BCUT2D eigenvalue weighted by atomic mass is 10.0. The summed E-state index contributed by atoms with van der Waals surface area (Å²) in [4.78, 5) is 2.53. The first-order valence-corrected chi connectivity index (χ1v) is 6.62. The van der Waals surface area contributed by atoms with Crippen LogP contribution in [-0.4, -0.2) is 48.3 Å². The van der Waals surface area contributed by atoms with Crippen LogP contribution < -0.4 is 5.32 Å². The predicted octanol–water partition coefficient (Wildman–Crippen LogP) is 1.32. The molecule has 3 atom stereocenters. The van der Waals surface area contributed by atoms with E-state index in [1.54, 1.807) is 0 Å². The molecule has 2 N–H and O–H groups in total. The minimum Gasteiger partial charge on any atom is -0.395 e. The summed E-state index contributed by atoms with van der Waals surface area (Å²) in [6.45, 7) is 12.7. The Kier molecular flexibility index (Phi) is 5.73. The van der Waals surface area contributed by atoms with Crippen molar-refractivity contribution >= 4 is 0 Å². The molecular formula is C13H28N2O. The predicted molar refractivity (Wildman–Crippen MR) is 68.5 cm³/mol. The van der Waals surface area contributed by atoms with Gasteiger partial charge >= 0.3 is 0 Å². The monoisotopic (exact) mass is 228 g/mol. The van der Waals surface area contributed by atoms with E-state index >= 15 is 0 Å². The number of hydrogen-bond donors (Lipinski definition) is 2. The van der Waals surface area contributed by atoms with Crippen LogP contribution in [0, 0.1) is 11.8 Å². The third-order valence-corrected chi connectivity index (χ3v) is 3.65. The summed E-state index contributed by atoms with van der Waals surface area (Å²) >= 11 is 0. The third kappa shape index (κ3) is 4.40. The van der Waals surface area contributed by atoms with Crippen molar-refractivity contribution in [3.05, 3.63) is 0 Å². The fourth-order valence-electron chi connectivity index (χ4n) is 2.47. The molecule has 3 nitrogen and oxygen atoms in total. The van der Waals surface area contributed by atoms with E-state index in [0.29, 0.717) is 6.04 Å². The Balaban J connectivity index is 2.22. The van der Waals surface area contributed by atoms with Gasteiger partial charge in [0.15, 0.2) is 0 Å². The Hall–Kier alpha value is -0.120. The molecular weight excluding hydrogens is 200 g/mol. The lowest BCUT2D eigenvalue weighted by molar-refractivity contribution is 0.209. The van der Waals surface area contributed by atoms with Crippen molar-refractivity contribution in [3.8, 4) is 0 Å². The molecule has 0 radical (unpaired) electrons. The summed E-state index contributed by atoms with van der Waals surface area (Å²) in [6, 6.07) is 0.708. The summed E-state index contributed by atoms with van der Waals surface area (Å²) in [5.41, 5.74) is 0. The molecule has 1 fully saturated rings. The Morgan fingerprint density at radius 3 is 2.25 bits per heavy atom. The van der Waals surface area contributed by atoms with E-state index in [-0.39, 0.29) is 12.6 Å². The summed E-state index contributed by atoms with van der Waals surface area (Å²) in [5, 5.41) is 12.7. The minimum absolute atomic E-state index is 0.247. The molecule has 0 spiro atoms. The van der Waals surface area contributed by atoms with Gasteiger partial charge in [-0.15, -0.1) is 0 Å². The molecule has 1 saturated heterocycles. The Morgan fingerprint density at radius 1 is 1.25 bits per heavy atom. The summed E-state index contributed by atoms with van der Waals surface area (Å²) in [6.07, 6.45) is 1.05. The van der Waals surface area contributed by atoms with Crippen molar-refractivity contribution < 1.29 is 5.11 Å². The molecule has 0 amide bonds. The lowest BCUT2D eigenvalue weighted by Gasteiger charge is -2.22. The van der Waals surface area contributed by atoms with Crippen LogP contribution in [0.15, 0.2) is 0 Å². The SMILES string of the molecule is CC(C)NC(CO)CCN1CC(C)C(C)C1. The molecule has 16 heavy (non-hydrogen) atoms. The first-order chi connectivity index (χ1) is 7.52. The standard InChI is InChI=1S/C13H28N2O/c1-10(2)14-13(9-16)5-6-15-7-11(3)12(4)8-15/h10-14,16H,5-9H2,1-4H3. The highest BCUT2D eigenvalue weighted by Crippen LogP contribution is 2.22. The average Bonchev–Trinajstić information content (AvgIpc) is 2.53. The van der Waals surface area contributed by atoms with Crippen molar-refractivity contribution in [1.29, 1.82) is 0 Å². The van der Waals surface area contributed by atoms with E-state index in [2.05, 4.69) is 37.9 Å². The summed E-state index contributed by atoms with van der Waals surface area (Å²) < 4.78 is 0. The zero-order valence-electron chi connectivity index (χ0n) is 11.2. The van der Waals surface area contributed by atoms with Crippen LogP contribution in [0.4, 0.5) is 0 Å². The molecule has 0 aliphatic carbocycles. The second kappa shape index (κ2) is 6.58. The molecule has 0 aromatic rings. The van der Waals surface area contributed by atoms with Gasteiger partial charge in [-0.3, -0.25) is 0 Å². The number of likely N-dealkylation sites (tertiary alicyclic amines) is 1. The van der Waals surface area contributed by atoms with Crippen LogP contribution in [0.5, 0.6) is 0 Å². The van der Waals surface area contributed by atoms with Gasteiger partial charge in [0.25, 0.3) is 0 Å². The number of aliphatic hydroxyl groups is 1. The molecule has 0 aromatic carbocycles. The molecule has 1 aliphatic heterocycles. The highest BCUT2D eigenvalue weighted by molar-refractivity contribution is 4.80. The maximum Gasteiger partial charge on any atom is 0.0585 e. The van der Waals surface area contributed by atoms with Crippen LogP contribution >= 0.6 is 0 Å². The number of nitrogens with zero attached hydrogens (tertiary/aromatic N) is 1. The van der Waals surface area contributed by atoms with E-state index in [4.69, 9.17) is 0 Å². The average molecular weight is 228 g/mol. The first kappa shape index (κ1) is 13.9. The third-order valence-electron chi connectivity index (χ3n) is 3.65. The Bertz CT molecular complexity index is 182. The zero-order chi connectivity index (χ0) is 12.1. The lowest BCUT2D eigenvalue weighted by Crippen LogP contribution is -2.40. The second-order valence-electron chi connectivity index (χ2n) is 5.70. The van der Waals surface area contributed by atoms with E-state index < -0.39 is 0 Å². The number of aliphatic hydroxyl groups excluding tert-OH is 1. The van der Waals surface area contributed by atoms with Gasteiger partial charge in [-0.25, -0.2) is 0 Å². The largest absolute Gasteiger partial charge is 0.395 e.